The average Bonchev–Trinajstić information content (AvgIpc) is 2.08. The van der Waals surface area contributed by atoms with E-state index in [2.05, 4.69) is 11.3 Å². The van der Waals surface area contributed by atoms with Crippen LogP contribution < -0.4 is 0 Å². The maximum absolute atomic E-state index is 10.6. The van der Waals surface area contributed by atoms with E-state index >= 15 is 0 Å². The molecule has 9 heavy (non-hydrogen) atoms. The van der Waals surface area contributed by atoms with E-state index in [1.807, 2.05) is 0 Å². The first-order chi connectivity index (χ1) is 4.11. The standard InChI is InChI=1S/C4H7N2O2S/c1-9(7,8)6-3-2-5-4-6/h2-3H2,1H3. The Morgan fingerprint density at radius 1 is 1.67 bits per heavy atom. The Morgan fingerprint density at radius 3 is 2.56 bits per heavy atom. The van der Waals surface area contributed by atoms with Crippen LogP contribution in [0.1, 0.15) is 0 Å². The Bertz CT molecular complexity index is 219. The number of hydrogen-bond acceptors (Lipinski definition) is 3. The van der Waals surface area contributed by atoms with Gasteiger partial charge in [-0.1, -0.05) is 0 Å². The van der Waals surface area contributed by atoms with Crippen LogP contribution in [0.3, 0.4) is 0 Å². The number of aliphatic imine (C=N–C) groups is 1. The molecule has 4 nitrogen and oxygen atoms in total. The van der Waals surface area contributed by atoms with Crippen molar-refractivity contribution >= 4 is 16.4 Å². The molecule has 0 aromatic carbocycles. The zero-order valence-electron chi connectivity index (χ0n) is 5.03. The topological polar surface area (TPSA) is 49.7 Å². The Labute approximate surface area is 54.2 Å². The third kappa shape index (κ3) is 1.41. The first-order valence-corrected chi connectivity index (χ1v) is 4.35. The van der Waals surface area contributed by atoms with Crippen LogP contribution in [-0.2, 0) is 10.0 Å². The summed E-state index contributed by atoms with van der Waals surface area (Å²) < 4.78 is 22.4. The van der Waals surface area contributed by atoms with Crippen LogP contribution in [0.15, 0.2) is 4.99 Å². The molecule has 1 heterocycles. The number of hydrogen-bond donors (Lipinski definition) is 0. The van der Waals surface area contributed by atoms with Gasteiger partial charge in [-0.15, -0.1) is 0 Å². The molecule has 0 spiro atoms. The van der Waals surface area contributed by atoms with Gasteiger partial charge in [-0.05, 0) is 0 Å². The van der Waals surface area contributed by atoms with Crippen LogP contribution in [-0.4, -0.2) is 38.4 Å². The zero-order valence-corrected chi connectivity index (χ0v) is 5.85. The van der Waals surface area contributed by atoms with Crippen molar-refractivity contribution in [2.24, 2.45) is 4.99 Å². The van der Waals surface area contributed by atoms with Gasteiger partial charge in [0, 0.05) is 0 Å². The molecule has 0 bridgehead atoms. The van der Waals surface area contributed by atoms with Gasteiger partial charge in [-0.3, -0.25) is 4.99 Å². The molecule has 51 valence electrons. The normalized spacial score (nSPS) is 19.0. The molecule has 0 saturated carbocycles. The maximum Gasteiger partial charge on any atom is 0.233 e. The van der Waals surface area contributed by atoms with Crippen molar-refractivity contribution in [3.63, 3.8) is 0 Å². The van der Waals surface area contributed by atoms with Gasteiger partial charge in [0.05, 0.1) is 19.3 Å². The lowest BCUT2D eigenvalue weighted by Crippen LogP contribution is -2.26. The van der Waals surface area contributed by atoms with Gasteiger partial charge in [0.25, 0.3) is 0 Å². The van der Waals surface area contributed by atoms with Crippen LogP contribution in [0.4, 0.5) is 0 Å². The fraction of sp³-hybridized carbons (Fsp3) is 0.750. The Kier molecular flexibility index (Phi) is 1.44. The second-order valence-corrected chi connectivity index (χ2v) is 3.72. The summed E-state index contributed by atoms with van der Waals surface area (Å²) in [4.78, 5) is 3.63. The lowest BCUT2D eigenvalue weighted by atomic mass is 10.7. The highest BCUT2D eigenvalue weighted by molar-refractivity contribution is 7.88. The van der Waals surface area contributed by atoms with E-state index in [-0.39, 0.29) is 0 Å². The van der Waals surface area contributed by atoms with E-state index in [9.17, 15) is 8.42 Å². The van der Waals surface area contributed by atoms with Crippen molar-refractivity contribution in [1.29, 1.82) is 0 Å². The summed E-state index contributed by atoms with van der Waals surface area (Å²) in [5.74, 6) is 0. The van der Waals surface area contributed by atoms with Crippen LogP contribution in [0.2, 0.25) is 0 Å². The molecule has 0 aliphatic carbocycles. The van der Waals surface area contributed by atoms with Crippen molar-refractivity contribution in [1.82, 2.24) is 4.31 Å². The number of rotatable bonds is 1. The lowest BCUT2D eigenvalue weighted by molar-refractivity contribution is 0.548. The summed E-state index contributed by atoms with van der Waals surface area (Å²) in [5.41, 5.74) is 0. The third-order valence-electron chi connectivity index (χ3n) is 0.997. The largest absolute Gasteiger partial charge is 0.263 e. The molecule has 0 N–H and O–H groups in total. The van der Waals surface area contributed by atoms with E-state index in [0.29, 0.717) is 13.1 Å². The molecule has 1 rings (SSSR count). The van der Waals surface area contributed by atoms with Gasteiger partial charge in [-0.25, -0.2) is 12.7 Å². The second kappa shape index (κ2) is 1.98. The highest BCUT2D eigenvalue weighted by Gasteiger charge is 2.15. The minimum atomic E-state index is -3.07. The van der Waals surface area contributed by atoms with Gasteiger partial charge in [-0.2, -0.15) is 0 Å². The van der Waals surface area contributed by atoms with Crippen molar-refractivity contribution in [3.05, 3.63) is 0 Å². The molecular formula is C4H7N2O2S. The molecule has 1 aliphatic heterocycles. The van der Waals surface area contributed by atoms with Crippen molar-refractivity contribution in [3.8, 4) is 0 Å². The fourth-order valence-corrected chi connectivity index (χ4v) is 1.18. The Balaban J connectivity index is 2.76. The SMILES string of the molecule is CS(=O)(=O)N1[C]=NCC1. The van der Waals surface area contributed by atoms with E-state index in [1.165, 1.54) is 0 Å². The number of nitrogens with zero attached hydrogens (tertiary/aromatic N) is 2. The van der Waals surface area contributed by atoms with E-state index < -0.39 is 10.0 Å². The predicted octanol–water partition coefficient (Wildman–Crippen LogP) is -0.833. The van der Waals surface area contributed by atoms with E-state index in [1.54, 1.807) is 0 Å². The van der Waals surface area contributed by atoms with Crippen molar-refractivity contribution < 1.29 is 8.42 Å². The summed E-state index contributed by atoms with van der Waals surface area (Å²) in [7, 11) is -3.07. The third-order valence-corrected chi connectivity index (χ3v) is 2.06. The van der Waals surface area contributed by atoms with Gasteiger partial charge in [0.1, 0.15) is 0 Å². The fourth-order valence-electron chi connectivity index (χ4n) is 0.560. The highest BCUT2D eigenvalue weighted by atomic mass is 32.2. The smallest absolute Gasteiger partial charge is 0.233 e. The summed E-state index contributed by atoms with van der Waals surface area (Å²) >= 11 is 0. The summed E-state index contributed by atoms with van der Waals surface area (Å²) in [5, 5.41) is 0. The van der Waals surface area contributed by atoms with E-state index in [4.69, 9.17) is 0 Å². The zero-order chi connectivity index (χ0) is 6.91. The molecular weight excluding hydrogens is 140 g/mol. The molecule has 0 fully saturated rings. The average molecular weight is 147 g/mol. The van der Waals surface area contributed by atoms with Crippen LogP contribution in [0.25, 0.3) is 0 Å². The first kappa shape index (κ1) is 6.54. The van der Waals surface area contributed by atoms with Crippen LogP contribution >= 0.6 is 0 Å². The van der Waals surface area contributed by atoms with Gasteiger partial charge >= 0.3 is 0 Å². The Hall–Kier alpha value is -0.580. The van der Waals surface area contributed by atoms with Gasteiger partial charge < -0.3 is 0 Å². The summed E-state index contributed by atoms with van der Waals surface area (Å²) in [6, 6.07) is 0. The van der Waals surface area contributed by atoms with Crippen molar-refractivity contribution in [2.45, 2.75) is 0 Å². The molecule has 0 aromatic heterocycles. The van der Waals surface area contributed by atoms with Crippen LogP contribution in [0.5, 0.6) is 0 Å². The highest BCUT2D eigenvalue weighted by Crippen LogP contribution is 1.98. The molecule has 0 unspecified atom stereocenters. The maximum atomic E-state index is 10.6. The van der Waals surface area contributed by atoms with Crippen LogP contribution in [0, 0.1) is 0 Å². The molecule has 0 aromatic rings. The minimum absolute atomic E-state index is 0.443. The number of sulfonamides is 1. The Morgan fingerprint density at radius 2 is 2.33 bits per heavy atom. The predicted molar refractivity (Wildman–Crippen MR) is 33.9 cm³/mol. The molecule has 0 amide bonds. The molecule has 0 atom stereocenters. The first-order valence-electron chi connectivity index (χ1n) is 2.50. The second-order valence-electron chi connectivity index (χ2n) is 1.82. The summed E-state index contributed by atoms with van der Waals surface area (Å²) in [6.07, 6.45) is 3.51. The molecule has 1 radical (unpaired) electrons. The molecule has 0 saturated heterocycles. The molecule has 1 aliphatic rings. The summed E-state index contributed by atoms with van der Waals surface area (Å²) in [6.45, 7) is 0.978. The lowest BCUT2D eigenvalue weighted by Gasteiger charge is -2.07. The quantitative estimate of drug-likeness (QED) is 0.486. The van der Waals surface area contributed by atoms with Gasteiger partial charge in [0.2, 0.25) is 10.0 Å². The molecule has 5 heteroatoms. The monoisotopic (exact) mass is 147 g/mol. The van der Waals surface area contributed by atoms with E-state index in [0.717, 1.165) is 10.6 Å². The van der Waals surface area contributed by atoms with Gasteiger partial charge in [0.15, 0.2) is 6.34 Å². The van der Waals surface area contributed by atoms with Crippen molar-refractivity contribution in [2.75, 3.05) is 19.3 Å². The minimum Gasteiger partial charge on any atom is -0.263 e.